The number of carbonyl (C=O) groups excluding carboxylic acids is 1. The fraction of sp³-hybridized carbons (Fsp3) is 0.556. The van der Waals surface area contributed by atoms with E-state index < -0.39 is 21.9 Å². The summed E-state index contributed by atoms with van der Waals surface area (Å²) in [5.41, 5.74) is 0.346. The van der Waals surface area contributed by atoms with Gasteiger partial charge < -0.3 is 14.7 Å². The van der Waals surface area contributed by atoms with Crippen LogP contribution in [-0.4, -0.2) is 62.6 Å². The van der Waals surface area contributed by atoms with Crippen LogP contribution in [-0.2, 0) is 19.6 Å². The number of aliphatic carboxylic acids is 1. The van der Waals surface area contributed by atoms with Crippen LogP contribution < -0.4 is 4.72 Å². The third-order valence-corrected chi connectivity index (χ3v) is 6.43. The lowest BCUT2D eigenvalue weighted by Crippen LogP contribution is -2.42. The molecular formula is C18H24N2O6S. The quantitative estimate of drug-likeness (QED) is 0.744. The lowest BCUT2D eigenvalue weighted by molar-refractivity contribution is -0.143. The zero-order valence-corrected chi connectivity index (χ0v) is 15.8. The Morgan fingerprint density at radius 3 is 2.56 bits per heavy atom. The molecular weight excluding hydrogens is 372 g/mol. The van der Waals surface area contributed by atoms with E-state index in [0.29, 0.717) is 31.6 Å². The number of piperidine rings is 1. The summed E-state index contributed by atoms with van der Waals surface area (Å²) in [5.74, 6) is -1.73. The molecule has 2 aliphatic heterocycles. The molecule has 2 aliphatic rings. The number of benzene rings is 1. The van der Waals surface area contributed by atoms with E-state index in [1.165, 1.54) is 29.2 Å². The summed E-state index contributed by atoms with van der Waals surface area (Å²) in [5, 5.41) is 9.14. The molecule has 8 nitrogen and oxygen atoms in total. The van der Waals surface area contributed by atoms with Gasteiger partial charge in [-0.3, -0.25) is 9.59 Å². The molecule has 27 heavy (non-hydrogen) atoms. The number of rotatable bonds is 6. The first-order valence-corrected chi connectivity index (χ1v) is 10.6. The molecule has 148 valence electrons. The maximum absolute atomic E-state index is 12.6. The predicted molar refractivity (Wildman–Crippen MR) is 96.9 cm³/mol. The molecule has 0 radical (unpaired) electrons. The zero-order chi connectivity index (χ0) is 19.4. The fourth-order valence-corrected chi connectivity index (χ4v) is 4.48. The monoisotopic (exact) mass is 396 g/mol. The Kier molecular flexibility index (Phi) is 6.13. The molecule has 9 heteroatoms. The molecule has 1 amide bonds. The number of hydrogen-bond donors (Lipinski definition) is 2. The smallest absolute Gasteiger partial charge is 0.308 e. The van der Waals surface area contributed by atoms with Crippen molar-refractivity contribution in [2.24, 2.45) is 5.92 Å². The zero-order valence-electron chi connectivity index (χ0n) is 15.0. The molecule has 0 saturated carbocycles. The first-order chi connectivity index (χ1) is 12.9. The minimum absolute atomic E-state index is 0.0825. The number of carbonyl (C=O) groups is 2. The summed E-state index contributed by atoms with van der Waals surface area (Å²) in [7, 11) is -3.67. The van der Waals surface area contributed by atoms with Crippen LogP contribution in [0.5, 0.6) is 0 Å². The predicted octanol–water partition coefficient (Wildman–Crippen LogP) is 1.08. The maximum atomic E-state index is 12.6. The summed E-state index contributed by atoms with van der Waals surface area (Å²) in [6.07, 6.45) is 2.88. The van der Waals surface area contributed by atoms with E-state index in [-0.39, 0.29) is 30.0 Å². The van der Waals surface area contributed by atoms with Crippen LogP contribution in [0.15, 0.2) is 29.2 Å². The van der Waals surface area contributed by atoms with Gasteiger partial charge in [0.1, 0.15) is 0 Å². The molecule has 1 aromatic carbocycles. The van der Waals surface area contributed by atoms with Crippen molar-refractivity contribution >= 4 is 21.9 Å². The maximum Gasteiger partial charge on any atom is 0.308 e. The highest BCUT2D eigenvalue weighted by molar-refractivity contribution is 7.89. The number of nitrogens with zero attached hydrogens (tertiary/aromatic N) is 1. The molecule has 0 bridgehead atoms. The molecule has 0 aromatic heterocycles. The largest absolute Gasteiger partial charge is 0.481 e. The molecule has 0 spiro atoms. The second-order valence-electron chi connectivity index (χ2n) is 6.94. The van der Waals surface area contributed by atoms with Crippen LogP contribution in [0.25, 0.3) is 0 Å². The Hall–Kier alpha value is -1.97. The van der Waals surface area contributed by atoms with E-state index in [1.807, 2.05) is 0 Å². The average molecular weight is 396 g/mol. The van der Waals surface area contributed by atoms with Gasteiger partial charge in [0.05, 0.1) is 16.9 Å². The van der Waals surface area contributed by atoms with Crippen molar-refractivity contribution in [2.45, 2.75) is 36.7 Å². The van der Waals surface area contributed by atoms with Crippen LogP contribution in [0.4, 0.5) is 0 Å². The summed E-state index contributed by atoms with van der Waals surface area (Å²) >= 11 is 0. The summed E-state index contributed by atoms with van der Waals surface area (Å²) in [6, 6.07) is 5.72. The van der Waals surface area contributed by atoms with Crippen molar-refractivity contribution in [1.82, 2.24) is 9.62 Å². The van der Waals surface area contributed by atoms with E-state index in [4.69, 9.17) is 9.84 Å². The SMILES string of the molecule is O=C(O)C1CCCN(C(=O)c2ccc(S(=O)(=O)NCC3CCCO3)cc2)C1. The van der Waals surface area contributed by atoms with Crippen molar-refractivity contribution in [2.75, 3.05) is 26.2 Å². The Bertz CT molecular complexity index is 787. The fourth-order valence-electron chi connectivity index (χ4n) is 3.41. The number of carboxylic acid groups (broad SMARTS) is 1. The number of hydrogen-bond acceptors (Lipinski definition) is 5. The highest BCUT2D eigenvalue weighted by Crippen LogP contribution is 2.20. The van der Waals surface area contributed by atoms with E-state index in [0.717, 1.165) is 12.8 Å². The lowest BCUT2D eigenvalue weighted by Gasteiger charge is -2.30. The molecule has 2 heterocycles. The Morgan fingerprint density at radius 1 is 1.19 bits per heavy atom. The number of nitrogens with one attached hydrogen (secondary N) is 1. The van der Waals surface area contributed by atoms with Gasteiger partial charge in [0.25, 0.3) is 5.91 Å². The van der Waals surface area contributed by atoms with Gasteiger partial charge in [-0.2, -0.15) is 0 Å². The van der Waals surface area contributed by atoms with Gasteiger partial charge in [-0.1, -0.05) is 0 Å². The van der Waals surface area contributed by atoms with Crippen molar-refractivity contribution in [3.8, 4) is 0 Å². The summed E-state index contributed by atoms with van der Waals surface area (Å²) in [4.78, 5) is 25.3. The molecule has 1 aromatic rings. The minimum Gasteiger partial charge on any atom is -0.481 e. The normalized spacial score (nSPS) is 23.3. The van der Waals surface area contributed by atoms with E-state index >= 15 is 0 Å². The molecule has 2 N–H and O–H groups in total. The van der Waals surface area contributed by atoms with Crippen molar-refractivity contribution in [3.05, 3.63) is 29.8 Å². The standard InChI is InChI=1S/C18H24N2O6S/c21-17(20-9-1-3-14(12-20)18(22)23)13-5-7-16(8-6-13)27(24,25)19-11-15-4-2-10-26-15/h5-8,14-15,19H,1-4,9-12H2,(H,22,23). The highest BCUT2D eigenvalue weighted by atomic mass is 32.2. The molecule has 0 aliphatic carbocycles. The number of ether oxygens (including phenoxy) is 1. The Morgan fingerprint density at radius 2 is 1.93 bits per heavy atom. The van der Waals surface area contributed by atoms with Crippen LogP contribution >= 0.6 is 0 Å². The second kappa shape index (κ2) is 8.37. The van der Waals surface area contributed by atoms with Crippen LogP contribution in [0, 0.1) is 5.92 Å². The second-order valence-corrected chi connectivity index (χ2v) is 8.71. The minimum atomic E-state index is -3.67. The number of carboxylic acids is 1. The average Bonchev–Trinajstić information content (AvgIpc) is 3.20. The summed E-state index contributed by atoms with van der Waals surface area (Å²) < 4.78 is 32.7. The van der Waals surface area contributed by atoms with Gasteiger partial charge in [0, 0.05) is 31.8 Å². The van der Waals surface area contributed by atoms with E-state index in [2.05, 4.69) is 4.72 Å². The van der Waals surface area contributed by atoms with E-state index in [1.54, 1.807) is 0 Å². The number of sulfonamides is 1. The first-order valence-electron chi connectivity index (χ1n) is 9.10. The molecule has 2 fully saturated rings. The lowest BCUT2D eigenvalue weighted by atomic mass is 9.97. The first kappa shape index (κ1) is 19.8. The molecule has 2 unspecified atom stereocenters. The third-order valence-electron chi connectivity index (χ3n) is 4.99. The van der Waals surface area contributed by atoms with E-state index in [9.17, 15) is 18.0 Å². The molecule has 3 rings (SSSR count). The van der Waals surface area contributed by atoms with Gasteiger partial charge in [0.15, 0.2) is 0 Å². The Labute approximate surface area is 158 Å². The van der Waals surface area contributed by atoms with Crippen molar-refractivity contribution in [1.29, 1.82) is 0 Å². The van der Waals surface area contributed by atoms with Gasteiger partial charge in [-0.15, -0.1) is 0 Å². The highest BCUT2D eigenvalue weighted by Gasteiger charge is 2.29. The Balaban J connectivity index is 1.63. The van der Waals surface area contributed by atoms with Gasteiger partial charge in [-0.05, 0) is 49.9 Å². The van der Waals surface area contributed by atoms with Crippen LogP contribution in [0.2, 0.25) is 0 Å². The number of amides is 1. The van der Waals surface area contributed by atoms with Crippen LogP contribution in [0.3, 0.4) is 0 Å². The topological polar surface area (TPSA) is 113 Å². The van der Waals surface area contributed by atoms with Crippen LogP contribution in [0.1, 0.15) is 36.0 Å². The summed E-state index contributed by atoms with van der Waals surface area (Å²) in [6.45, 7) is 1.57. The molecule has 2 atom stereocenters. The van der Waals surface area contributed by atoms with Gasteiger partial charge >= 0.3 is 5.97 Å². The van der Waals surface area contributed by atoms with Crippen molar-refractivity contribution in [3.63, 3.8) is 0 Å². The van der Waals surface area contributed by atoms with Crippen molar-refractivity contribution < 1.29 is 27.9 Å². The van der Waals surface area contributed by atoms with Gasteiger partial charge in [0.2, 0.25) is 10.0 Å². The number of likely N-dealkylation sites (tertiary alicyclic amines) is 1. The molecule has 2 saturated heterocycles. The van der Waals surface area contributed by atoms with Gasteiger partial charge in [-0.25, -0.2) is 13.1 Å². The third kappa shape index (κ3) is 4.85.